The van der Waals surface area contributed by atoms with E-state index in [1.807, 2.05) is 0 Å². The first-order valence-electron chi connectivity index (χ1n) is 9.27. The topological polar surface area (TPSA) is 148 Å². The molecule has 0 saturated carbocycles. The highest BCUT2D eigenvalue weighted by Gasteiger charge is 2.43. The fourth-order valence-electron chi connectivity index (χ4n) is 3.36. The monoisotopic (exact) mass is 482 g/mol. The molecule has 0 aliphatic heterocycles. The second kappa shape index (κ2) is 8.49. The Balaban J connectivity index is 2.19. The van der Waals surface area contributed by atoms with Gasteiger partial charge in [-0.05, 0) is 61.7 Å². The molecule has 0 unspecified atom stereocenters. The van der Waals surface area contributed by atoms with Gasteiger partial charge < -0.3 is 10.2 Å². The SMILES string of the molecule is Cc1cc(F)cc([C@@](C)(Cl)[C@@H](NS(=O)(=O)c2ccccc2C(N)=O)c2n[nH]c(=O)o2)c1C. The summed E-state index contributed by atoms with van der Waals surface area (Å²) in [6.45, 7) is 4.79. The molecule has 1 amide bonds. The Morgan fingerprint density at radius 3 is 2.56 bits per heavy atom. The number of rotatable bonds is 7. The van der Waals surface area contributed by atoms with Gasteiger partial charge in [-0.2, -0.15) is 4.72 Å². The highest BCUT2D eigenvalue weighted by Crippen LogP contribution is 2.43. The lowest BCUT2D eigenvalue weighted by molar-refractivity contribution is 0.0997. The van der Waals surface area contributed by atoms with Gasteiger partial charge in [-0.1, -0.05) is 12.1 Å². The molecule has 4 N–H and O–H groups in total. The molecule has 0 aliphatic carbocycles. The molecule has 170 valence electrons. The van der Waals surface area contributed by atoms with E-state index in [0.717, 1.165) is 0 Å². The first-order valence-corrected chi connectivity index (χ1v) is 11.1. The van der Waals surface area contributed by atoms with Crippen LogP contribution in [0.4, 0.5) is 4.39 Å². The van der Waals surface area contributed by atoms with Crippen molar-refractivity contribution in [3.05, 3.63) is 80.9 Å². The molecule has 9 nitrogen and oxygen atoms in total. The predicted molar refractivity (Wildman–Crippen MR) is 114 cm³/mol. The minimum absolute atomic E-state index is 0.248. The molecule has 0 saturated heterocycles. The van der Waals surface area contributed by atoms with Gasteiger partial charge in [0.05, 0.1) is 15.3 Å². The number of nitrogens with one attached hydrogen (secondary N) is 2. The van der Waals surface area contributed by atoms with Crippen molar-refractivity contribution < 1.29 is 22.0 Å². The Labute approximate surface area is 187 Å². The van der Waals surface area contributed by atoms with Crippen molar-refractivity contribution in [2.24, 2.45) is 5.73 Å². The molecule has 3 aromatic rings. The molecule has 32 heavy (non-hydrogen) atoms. The first kappa shape index (κ1) is 23.6. The number of amides is 1. The second-order valence-electron chi connectivity index (χ2n) is 7.34. The summed E-state index contributed by atoms with van der Waals surface area (Å²) in [4.78, 5) is 21.3. The molecular weight excluding hydrogens is 463 g/mol. The molecule has 2 atom stereocenters. The quantitative estimate of drug-likeness (QED) is 0.440. The molecule has 0 spiro atoms. The number of primary amides is 1. The summed E-state index contributed by atoms with van der Waals surface area (Å²) in [6.07, 6.45) is 0. The van der Waals surface area contributed by atoms with Gasteiger partial charge in [0, 0.05) is 0 Å². The molecule has 0 fully saturated rings. The number of benzene rings is 2. The molecule has 1 aromatic heterocycles. The number of aromatic nitrogens is 2. The van der Waals surface area contributed by atoms with Crippen LogP contribution in [0.25, 0.3) is 0 Å². The van der Waals surface area contributed by atoms with Crippen LogP contribution in [0.2, 0.25) is 0 Å². The molecule has 12 heteroatoms. The number of alkyl halides is 1. The van der Waals surface area contributed by atoms with Crippen molar-refractivity contribution in [2.45, 2.75) is 36.6 Å². The van der Waals surface area contributed by atoms with Gasteiger partial charge in [-0.25, -0.2) is 22.7 Å². The van der Waals surface area contributed by atoms with Gasteiger partial charge in [-0.3, -0.25) is 4.79 Å². The third kappa shape index (κ3) is 4.45. The number of carbonyl (C=O) groups is 1. The molecule has 0 aliphatic rings. The highest BCUT2D eigenvalue weighted by molar-refractivity contribution is 7.89. The maximum atomic E-state index is 14.2. The Bertz CT molecular complexity index is 1350. The number of nitrogens with zero attached hydrogens (tertiary/aromatic N) is 1. The molecular formula is C20H20ClFN4O5S. The summed E-state index contributed by atoms with van der Waals surface area (Å²) in [5, 5.41) is 5.77. The van der Waals surface area contributed by atoms with Gasteiger partial charge >= 0.3 is 5.76 Å². The summed E-state index contributed by atoms with van der Waals surface area (Å²) in [6, 6.07) is 6.29. The number of halogens is 2. The van der Waals surface area contributed by atoms with E-state index >= 15 is 0 Å². The number of sulfonamides is 1. The summed E-state index contributed by atoms with van der Waals surface area (Å²) in [5.41, 5.74) is 6.49. The third-order valence-corrected chi connectivity index (χ3v) is 7.02. The van der Waals surface area contributed by atoms with E-state index in [1.165, 1.54) is 43.3 Å². The fraction of sp³-hybridized carbons (Fsp3) is 0.250. The van der Waals surface area contributed by atoms with E-state index in [1.54, 1.807) is 13.8 Å². The van der Waals surface area contributed by atoms with Crippen molar-refractivity contribution in [3.8, 4) is 0 Å². The van der Waals surface area contributed by atoms with Crippen LogP contribution >= 0.6 is 11.6 Å². The maximum absolute atomic E-state index is 14.2. The van der Waals surface area contributed by atoms with Gasteiger partial charge in [-0.15, -0.1) is 16.7 Å². The van der Waals surface area contributed by atoms with Crippen molar-refractivity contribution in [1.82, 2.24) is 14.9 Å². The average Bonchev–Trinajstić information content (AvgIpc) is 3.14. The zero-order chi connectivity index (χ0) is 23.8. The van der Waals surface area contributed by atoms with E-state index < -0.39 is 43.3 Å². The lowest BCUT2D eigenvalue weighted by Gasteiger charge is -2.32. The normalized spacial score (nSPS) is 14.7. The number of aryl methyl sites for hydroxylation is 1. The minimum Gasteiger partial charge on any atom is -0.391 e. The molecule has 1 heterocycles. The van der Waals surface area contributed by atoms with Crippen LogP contribution in [0.15, 0.2) is 50.5 Å². The van der Waals surface area contributed by atoms with Gasteiger partial charge in [0.2, 0.25) is 21.8 Å². The fourth-order valence-corrected chi connectivity index (χ4v) is 5.26. The lowest BCUT2D eigenvalue weighted by Crippen LogP contribution is -2.40. The summed E-state index contributed by atoms with van der Waals surface area (Å²) >= 11 is 6.82. The van der Waals surface area contributed by atoms with E-state index in [-0.39, 0.29) is 17.0 Å². The zero-order valence-electron chi connectivity index (χ0n) is 17.3. The molecule has 3 rings (SSSR count). The van der Waals surface area contributed by atoms with Gasteiger partial charge in [0.1, 0.15) is 11.9 Å². The lowest BCUT2D eigenvalue weighted by atomic mass is 9.87. The predicted octanol–water partition coefficient (Wildman–Crippen LogP) is 2.39. The van der Waals surface area contributed by atoms with E-state index in [2.05, 4.69) is 14.9 Å². The van der Waals surface area contributed by atoms with Crippen molar-refractivity contribution in [1.29, 1.82) is 0 Å². The van der Waals surface area contributed by atoms with E-state index in [0.29, 0.717) is 11.1 Å². The second-order valence-corrected chi connectivity index (χ2v) is 9.80. The van der Waals surface area contributed by atoms with Crippen LogP contribution in [-0.4, -0.2) is 24.5 Å². The van der Waals surface area contributed by atoms with Crippen LogP contribution in [0, 0.1) is 19.7 Å². The zero-order valence-corrected chi connectivity index (χ0v) is 18.8. The number of hydrogen-bond acceptors (Lipinski definition) is 6. The van der Waals surface area contributed by atoms with Crippen LogP contribution in [0.3, 0.4) is 0 Å². The number of hydrogen-bond donors (Lipinski definition) is 3. The standard InChI is InChI=1S/C20H20ClFN4O5S/c1-10-8-12(22)9-14(11(10)2)20(3,21)16(18-24-25-19(28)31-18)26-32(29,30)15-7-5-4-6-13(15)17(23)27/h4-9,16,26H,1-3H3,(H2,23,27)(H,25,28)/t16-,20+/m0/s1. The van der Waals surface area contributed by atoms with Crippen molar-refractivity contribution in [3.63, 3.8) is 0 Å². The smallest absolute Gasteiger partial charge is 0.391 e. The van der Waals surface area contributed by atoms with Crippen LogP contribution < -0.4 is 16.2 Å². The van der Waals surface area contributed by atoms with Gasteiger partial charge in [0.15, 0.2) is 0 Å². The van der Waals surface area contributed by atoms with Crippen LogP contribution in [0.5, 0.6) is 0 Å². The van der Waals surface area contributed by atoms with Crippen LogP contribution in [0.1, 0.15) is 45.9 Å². The van der Waals surface area contributed by atoms with E-state index in [4.69, 9.17) is 21.8 Å². The Morgan fingerprint density at radius 1 is 1.31 bits per heavy atom. The number of H-pyrrole nitrogens is 1. The Kier molecular flexibility index (Phi) is 6.27. The summed E-state index contributed by atoms with van der Waals surface area (Å²) < 4.78 is 48.0. The first-order chi connectivity index (χ1) is 14.8. The molecule has 0 bridgehead atoms. The van der Waals surface area contributed by atoms with Gasteiger partial charge in [0.25, 0.3) is 0 Å². The number of aromatic amines is 1. The summed E-state index contributed by atoms with van der Waals surface area (Å²) in [5.74, 6) is -2.87. The third-order valence-electron chi connectivity index (χ3n) is 5.12. The van der Waals surface area contributed by atoms with Crippen molar-refractivity contribution >= 4 is 27.5 Å². The molecule has 0 radical (unpaired) electrons. The summed E-state index contributed by atoms with van der Waals surface area (Å²) in [7, 11) is -4.44. The highest BCUT2D eigenvalue weighted by atomic mass is 35.5. The Morgan fingerprint density at radius 2 is 1.97 bits per heavy atom. The minimum atomic E-state index is -4.44. The van der Waals surface area contributed by atoms with Crippen molar-refractivity contribution in [2.75, 3.05) is 0 Å². The largest absolute Gasteiger partial charge is 0.434 e. The number of carbonyl (C=O) groups excluding carboxylic acids is 1. The number of nitrogens with two attached hydrogens (primary N) is 1. The Hall–Kier alpha value is -3.02. The average molecular weight is 483 g/mol. The van der Waals surface area contributed by atoms with E-state index in [9.17, 15) is 22.4 Å². The van der Waals surface area contributed by atoms with Crippen LogP contribution in [-0.2, 0) is 14.9 Å². The maximum Gasteiger partial charge on any atom is 0.434 e. The molecule has 2 aromatic carbocycles.